The van der Waals surface area contributed by atoms with E-state index in [1.54, 1.807) is 17.0 Å². The fraction of sp³-hybridized carbons (Fsp3) is 0.364. The summed E-state index contributed by atoms with van der Waals surface area (Å²) in [4.78, 5) is 13.6. The van der Waals surface area contributed by atoms with Crippen LogP contribution < -0.4 is 0 Å². The summed E-state index contributed by atoms with van der Waals surface area (Å²) in [6, 6.07) is 5.10. The van der Waals surface area contributed by atoms with E-state index in [-0.39, 0.29) is 17.2 Å². The highest BCUT2D eigenvalue weighted by Crippen LogP contribution is 2.55. The third kappa shape index (κ3) is 0.710. The van der Waals surface area contributed by atoms with Crippen LogP contribution in [0.25, 0.3) is 0 Å². The fourth-order valence-corrected chi connectivity index (χ4v) is 2.39. The SMILES string of the molecule is CN1C(=O)c2cc(O)ccc2C12CC2. The molecule has 1 fully saturated rings. The maximum absolute atomic E-state index is 11.8. The van der Waals surface area contributed by atoms with Crippen molar-refractivity contribution in [1.82, 2.24) is 4.90 Å². The van der Waals surface area contributed by atoms with Gasteiger partial charge in [-0.15, -0.1) is 0 Å². The van der Waals surface area contributed by atoms with E-state index < -0.39 is 0 Å². The van der Waals surface area contributed by atoms with Crippen molar-refractivity contribution in [3.63, 3.8) is 0 Å². The molecule has 0 aromatic heterocycles. The molecule has 1 aromatic carbocycles. The Labute approximate surface area is 82.0 Å². The average molecular weight is 189 g/mol. The van der Waals surface area contributed by atoms with Gasteiger partial charge >= 0.3 is 0 Å². The van der Waals surface area contributed by atoms with E-state index >= 15 is 0 Å². The molecule has 1 aliphatic heterocycles. The summed E-state index contributed by atoms with van der Waals surface area (Å²) in [7, 11) is 1.84. The Morgan fingerprint density at radius 3 is 2.79 bits per heavy atom. The molecule has 1 aliphatic carbocycles. The molecule has 0 radical (unpaired) electrons. The van der Waals surface area contributed by atoms with Gasteiger partial charge in [0.15, 0.2) is 0 Å². The molecule has 0 saturated heterocycles. The van der Waals surface area contributed by atoms with Gasteiger partial charge in [0.25, 0.3) is 5.91 Å². The number of nitrogens with zero attached hydrogens (tertiary/aromatic N) is 1. The normalized spacial score (nSPS) is 21.5. The molecule has 14 heavy (non-hydrogen) atoms. The highest BCUT2D eigenvalue weighted by atomic mass is 16.3. The summed E-state index contributed by atoms with van der Waals surface area (Å²) in [6.07, 6.45) is 2.10. The van der Waals surface area contributed by atoms with Crippen LogP contribution in [0.2, 0.25) is 0 Å². The molecule has 3 nitrogen and oxygen atoms in total. The molecule has 2 aliphatic rings. The Bertz CT molecular complexity index is 435. The topological polar surface area (TPSA) is 40.5 Å². The van der Waals surface area contributed by atoms with E-state index in [0.717, 1.165) is 18.4 Å². The summed E-state index contributed by atoms with van der Waals surface area (Å²) in [5.74, 6) is 0.205. The molecule has 1 saturated carbocycles. The van der Waals surface area contributed by atoms with Crippen LogP contribution in [0.4, 0.5) is 0 Å². The minimum Gasteiger partial charge on any atom is -0.508 e. The minimum absolute atomic E-state index is 0.0277. The minimum atomic E-state index is -0.0277. The van der Waals surface area contributed by atoms with E-state index in [1.807, 2.05) is 13.1 Å². The summed E-state index contributed by atoms with van der Waals surface area (Å²) in [5.41, 5.74) is 1.73. The average Bonchev–Trinajstić information content (AvgIpc) is 2.93. The van der Waals surface area contributed by atoms with Gasteiger partial charge in [0.2, 0.25) is 0 Å². The Morgan fingerprint density at radius 1 is 1.43 bits per heavy atom. The van der Waals surface area contributed by atoms with Crippen molar-refractivity contribution in [3.05, 3.63) is 29.3 Å². The van der Waals surface area contributed by atoms with Crippen LogP contribution >= 0.6 is 0 Å². The van der Waals surface area contributed by atoms with Crippen molar-refractivity contribution in [2.24, 2.45) is 0 Å². The number of carbonyl (C=O) groups excluding carboxylic acids is 1. The summed E-state index contributed by atoms with van der Waals surface area (Å²) in [5, 5.41) is 9.32. The molecule has 0 unspecified atom stereocenters. The second-order valence-electron chi connectivity index (χ2n) is 4.13. The van der Waals surface area contributed by atoms with Crippen molar-refractivity contribution in [2.45, 2.75) is 18.4 Å². The van der Waals surface area contributed by atoms with Gasteiger partial charge in [-0.05, 0) is 30.5 Å². The van der Waals surface area contributed by atoms with Crippen LogP contribution in [0.1, 0.15) is 28.8 Å². The standard InChI is InChI=1S/C11H11NO2/c1-12-10(14)8-6-7(13)2-3-9(8)11(12)4-5-11/h2-3,6,13H,4-5H2,1H3. The van der Waals surface area contributed by atoms with Crippen molar-refractivity contribution < 1.29 is 9.90 Å². The zero-order chi connectivity index (χ0) is 9.92. The third-order valence-corrected chi connectivity index (χ3v) is 3.41. The van der Waals surface area contributed by atoms with Crippen molar-refractivity contribution in [3.8, 4) is 5.75 Å². The second-order valence-corrected chi connectivity index (χ2v) is 4.13. The summed E-state index contributed by atoms with van der Waals surface area (Å²) < 4.78 is 0. The Morgan fingerprint density at radius 2 is 2.14 bits per heavy atom. The second kappa shape index (κ2) is 2.11. The number of amides is 1. The predicted molar refractivity (Wildman–Crippen MR) is 51.1 cm³/mol. The zero-order valence-corrected chi connectivity index (χ0v) is 7.95. The van der Waals surface area contributed by atoms with E-state index in [4.69, 9.17) is 0 Å². The Balaban J connectivity index is 2.26. The van der Waals surface area contributed by atoms with Gasteiger partial charge in [0.1, 0.15) is 5.75 Å². The van der Waals surface area contributed by atoms with E-state index in [2.05, 4.69) is 0 Å². The molecule has 3 rings (SSSR count). The van der Waals surface area contributed by atoms with Gasteiger partial charge in [0.05, 0.1) is 5.54 Å². The number of hydrogen-bond acceptors (Lipinski definition) is 2. The van der Waals surface area contributed by atoms with E-state index in [1.165, 1.54) is 0 Å². The lowest BCUT2D eigenvalue weighted by molar-refractivity contribution is 0.0755. The molecular weight excluding hydrogens is 178 g/mol. The van der Waals surface area contributed by atoms with Gasteiger partial charge in [-0.2, -0.15) is 0 Å². The Kier molecular flexibility index (Phi) is 1.18. The molecule has 0 bridgehead atoms. The number of carbonyl (C=O) groups is 1. The summed E-state index contributed by atoms with van der Waals surface area (Å²) in [6.45, 7) is 0. The number of benzene rings is 1. The maximum Gasteiger partial charge on any atom is 0.254 e. The fourth-order valence-electron chi connectivity index (χ4n) is 2.39. The first-order valence-electron chi connectivity index (χ1n) is 4.77. The maximum atomic E-state index is 11.8. The smallest absolute Gasteiger partial charge is 0.254 e. The molecule has 1 spiro atoms. The lowest BCUT2D eigenvalue weighted by Gasteiger charge is -2.18. The van der Waals surface area contributed by atoms with Crippen LogP contribution in [-0.4, -0.2) is 23.0 Å². The van der Waals surface area contributed by atoms with Crippen LogP contribution in [0.3, 0.4) is 0 Å². The molecule has 1 amide bonds. The number of phenolic OH excluding ortho intramolecular Hbond substituents is 1. The molecule has 0 atom stereocenters. The zero-order valence-electron chi connectivity index (χ0n) is 7.95. The Hall–Kier alpha value is -1.51. The van der Waals surface area contributed by atoms with Gasteiger partial charge in [-0.1, -0.05) is 6.07 Å². The predicted octanol–water partition coefficient (Wildman–Crippen LogP) is 1.47. The number of phenols is 1. The highest BCUT2D eigenvalue weighted by molar-refractivity contribution is 6.00. The van der Waals surface area contributed by atoms with E-state index in [0.29, 0.717) is 5.56 Å². The van der Waals surface area contributed by atoms with Gasteiger partial charge < -0.3 is 10.0 Å². The van der Waals surface area contributed by atoms with Crippen LogP contribution in [0.5, 0.6) is 5.75 Å². The van der Waals surface area contributed by atoms with Crippen molar-refractivity contribution >= 4 is 5.91 Å². The first-order valence-corrected chi connectivity index (χ1v) is 4.77. The van der Waals surface area contributed by atoms with Crippen LogP contribution in [0.15, 0.2) is 18.2 Å². The molecule has 3 heteroatoms. The number of aromatic hydroxyl groups is 1. The van der Waals surface area contributed by atoms with Crippen molar-refractivity contribution in [1.29, 1.82) is 0 Å². The highest BCUT2D eigenvalue weighted by Gasteiger charge is 2.56. The molecule has 1 aromatic rings. The quantitative estimate of drug-likeness (QED) is 0.671. The number of rotatable bonds is 0. The van der Waals surface area contributed by atoms with E-state index in [9.17, 15) is 9.90 Å². The molecule has 72 valence electrons. The molecule has 1 heterocycles. The monoisotopic (exact) mass is 189 g/mol. The van der Waals surface area contributed by atoms with Gasteiger partial charge in [-0.3, -0.25) is 4.79 Å². The lowest BCUT2D eigenvalue weighted by atomic mass is 10.0. The van der Waals surface area contributed by atoms with Crippen LogP contribution in [-0.2, 0) is 5.54 Å². The largest absolute Gasteiger partial charge is 0.508 e. The van der Waals surface area contributed by atoms with Gasteiger partial charge in [-0.25, -0.2) is 0 Å². The molecular formula is C11H11NO2. The number of hydrogen-bond donors (Lipinski definition) is 1. The first-order chi connectivity index (χ1) is 6.65. The lowest BCUT2D eigenvalue weighted by Crippen LogP contribution is -2.28. The van der Waals surface area contributed by atoms with Crippen LogP contribution in [0, 0.1) is 0 Å². The first kappa shape index (κ1) is 7.85. The number of fused-ring (bicyclic) bond motifs is 2. The van der Waals surface area contributed by atoms with Crippen molar-refractivity contribution in [2.75, 3.05) is 7.05 Å². The summed E-state index contributed by atoms with van der Waals surface area (Å²) >= 11 is 0. The van der Waals surface area contributed by atoms with Gasteiger partial charge in [0, 0.05) is 12.6 Å². The molecule has 1 N–H and O–H groups in total. The third-order valence-electron chi connectivity index (χ3n) is 3.41.